The average molecular weight is 187 g/mol. The summed E-state index contributed by atoms with van der Waals surface area (Å²) in [6.07, 6.45) is 3.84. The molecule has 1 unspecified atom stereocenters. The maximum Gasteiger partial charge on any atom is 0.331 e. The first-order valence-corrected chi connectivity index (χ1v) is 4.20. The fraction of sp³-hybridized carbons (Fsp3) is 0.667. The molecule has 0 heterocycles. The number of hydrogen-bond donors (Lipinski definition) is 1. The van der Waals surface area contributed by atoms with Crippen LogP contribution in [0, 0.1) is 0 Å². The molecule has 0 bridgehead atoms. The van der Waals surface area contributed by atoms with Gasteiger partial charge in [-0.2, -0.15) is 0 Å². The molecule has 4 heteroatoms. The lowest BCUT2D eigenvalue weighted by Gasteiger charge is -2.09. The molecular formula is C9H17NO3. The number of hydrogen-bond acceptors (Lipinski definition) is 4. The van der Waals surface area contributed by atoms with E-state index in [2.05, 4.69) is 10.1 Å². The molecule has 0 radical (unpaired) electrons. The second kappa shape index (κ2) is 7.61. The van der Waals surface area contributed by atoms with Crippen molar-refractivity contribution in [3.63, 3.8) is 0 Å². The Bertz CT molecular complexity index is 168. The van der Waals surface area contributed by atoms with Crippen LogP contribution in [0.2, 0.25) is 0 Å². The molecule has 0 amide bonds. The normalized spacial score (nSPS) is 12.8. The molecule has 0 aromatic rings. The van der Waals surface area contributed by atoms with Crippen LogP contribution in [0.3, 0.4) is 0 Å². The van der Waals surface area contributed by atoms with Gasteiger partial charge in [0.25, 0.3) is 0 Å². The molecule has 0 saturated heterocycles. The number of carbonyl (C=O) groups excluding carboxylic acids is 1. The van der Waals surface area contributed by atoms with Gasteiger partial charge in [0.15, 0.2) is 0 Å². The minimum atomic E-state index is -0.355. The van der Waals surface area contributed by atoms with E-state index < -0.39 is 0 Å². The van der Waals surface area contributed by atoms with E-state index in [4.69, 9.17) is 4.74 Å². The summed E-state index contributed by atoms with van der Waals surface area (Å²) in [6, 6.07) is 0.292. The lowest BCUT2D eigenvalue weighted by atomic mass is 10.2. The smallest absolute Gasteiger partial charge is 0.331 e. The van der Waals surface area contributed by atoms with Gasteiger partial charge in [0.05, 0.1) is 7.11 Å². The minimum absolute atomic E-state index is 0.292. The second-order valence-electron chi connectivity index (χ2n) is 2.71. The van der Waals surface area contributed by atoms with Gasteiger partial charge >= 0.3 is 5.97 Å². The van der Waals surface area contributed by atoms with Crippen molar-refractivity contribution in [2.45, 2.75) is 19.4 Å². The first-order valence-electron chi connectivity index (χ1n) is 4.20. The van der Waals surface area contributed by atoms with Gasteiger partial charge < -0.3 is 14.8 Å². The molecule has 0 aromatic heterocycles. The summed E-state index contributed by atoms with van der Waals surface area (Å²) < 4.78 is 9.33. The summed E-state index contributed by atoms with van der Waals surface area (Å²) in [5.41, 5.74) is 0. The summed E-state index contributed by atoms with van der Waals surface area (Å²) in [5, 5.41) is 3.02. The molecule has 76 valence electrons. The molecule has 0 fully saturated rings. The molecular weight excluding hydrogens is 170 g/mol. The van der Waals surface area contributed by atoms with Gasteiger partial charge in [-0.3, -0.25) is 0 Å². The zero-order valence-corrected chi connectivity index (χ0v) is 8.37. The lowest BCUT2D eigenvalue weighted by molar-refractivity contribution is -0.134. The summed E-state index contributed by atoms with van der Waals surface area (Å²) >= 11 is 0. The molecule has 0 aliphatic rings. The van der Waals surface area contributed by atoms with Crippen LogP contribution < -0.4 is 5.32 Å². The van der Waals surface area contributed by atoms with Gasteiger partial charge in [0, 0.05) is 32.0 Å². The molecule has 4 nitrogen and oxygen atoms in total. The predicted octanol–water partition coefficient (Wildman–Crippen LogP) is 0.688. The van der Waals surface area contributed by atoms with Crippen molar-refractivity contribution in [3.8, 4) is 0 Å². The molecule has 0 saturated carbocycles. The molecule has 0 aliphatic heterocycles. The van der Waals surface area contributed by atoms with E-state index in [0.717, 1.165) is 6.42 Å². The Morgan fingerprint density at radius 1 is 1.54 bits per heavy atom. The Morgan fingerprint density at radius 3 is 2.77 bits per heavy atom. The number of rotatable bonds is 6. The zero-order chi connectivity index (χ0) is 10.1. The van der Waals surface area contributed by atoms with Crippen molar-refractivity contribution >= 4 is 5.97 Å². The molecule has 0 spiro atoms. The first kappa shape index (κ1) is 12.0. The molecule has 0 rings (SSSR count). The van der Waals surface area contributed by atoms with Gasteiger partial charge in [-0.25, -0.2) is 4.79 Å². The van der Waals surface area contributed by atoms with Crippen LogP contribution in [-0.2, 0) is 14.3 Å². The number of carbonyl (C=O) groups is 1. The Balaban J connectivity index is 3.50. The molecule has 13 heavy (non-hydrogen) atoms. The second-order valence-corrected chi connectivity index (χ2v) is 2.71. The quantitative estimate of drug-likeness (QED) is 0.491. The van der Waals surface area contributed by atoms with E-state index in [1.807, 2.05) is 6.92 Å². The van der Waals surface area contributed by atoms with Crippen LogP contribution in [0.15, 0.2) is 12.3 Å². The van der Waals surface area contributed by atoms with Crippen molar-refractivity contribution in [2.75, 3.05) is 20.8 Å². The summed E-state index contributed by atoms with van der Waals surface area (Å²) in [4.78, 5) is 10.6. The summed E-state index contributed by atoms with van der Waals surface area (Å²) in [7, 11) is 3.01. The van der Waals surface area contributed by atoms with E-state index in [1.54, 1.807) is 13.3 Å². The van der Waals surface area contributed by atoms with Gasteiger partial charge in [-0.15, -0.1) is 0 Å². The van der Waals surface area contributed by atoms with E-state index >= 15 is 0 Å². The van der Waals surface area contributed by atoms with Gasteiger partial charge in [0.2, 0.25) is 0 Å². The van der Waals surface area contributed by atoms with Crippen molar-refractivity contribution < 1.29 is 14.3 Å². The van der Waals surface area contributed by atoms with E-state index in [-0.39, 0.29) is 5.97 Å². The maximum absolute atomic E-state index is 10.6. The highest BCUT2D eigenvalue weighted by molar-refractivity contribution is 5.81. The van der Waals surface area contributed by atoms with E-state index in [1.165, 1.54) is 13.2 Å². The molecule has 1 atom stereocenters. The monoisotopic (exact) mass is 187 g/mol. The zero-order valence-electron chi connectivity index (χ0n) is 8.37. The predicted molar refractivity (Wildman–Crippen MR) is 50.2 cm³/mol. The van der Waals surface area contributed by atoms with Crippen molar-refractivity contribution in [1.82, 2.24) is 5.32 Å². The topological polar surface area (TPSA) is 47.6 Å². The minimum Gasteiger partial charge on any atom is -0.466 e. The summed E-state index contributed by atoms with van der Waals surface area (Å²) in [6.45, 7) is 2.72. The van der Waals surface area contributed by atoms with Gasteiger partial charge in [0.1, 0.15) is 0 Å². The molecule has 0 aromatic carbocycles. The van der Waals surface area contributed by atoms with Crippen LogP contribution in [-0.4, -0.2) is 32.8 Å². The van der Waals surface area contributed by atoms with Gasteiger partial charge in [-0.05, 0) is 13.3 Å². The highest BCUT2D eigenvalue weighted by Crippen LogP contribution is 1.90. The average Bonchev–Trinajstić information content (AvgIpc) is 2.14. The standard InChI is InChI=1S/C9H17NO3/c1-8(5-7-12-2)10-6-4-9(11)13-3/h4,6,8,10H,5,7H2,1-3H3/b6-4+. The number of methoxy groups -OCH3 is 2. The summed E-state index contributed by atoms with van der Waals surface area (Å²) in [5.74, 6) is -0.355. The van der Waals surface area contributed by atoms with E-state index in [0.29, 0.717) is 12.6 Å². The van der Waals surface area contributed by atoms with E-state index in [9.17, 15) is 4.79 Å². The third-order valence-corrected chi connectivity index (χ3v) is 1.56. The van der Waals surface area contributed by atoms with Crippen molar-refractivity contribution in [1.29, 1.82) is 0 Å². The fourth-order valence-electron chi connectivity index (χ4n) is 0.726. The van der Waals surface area contributed by atoms with Crippen LogP contribution in [0.4, 0.5) is 0 Å². The Kier molecular flexibility index (Phi) is 7.01. The highest BCUT2D eigenvalue weighted by atomic mass is 16.5. The first-order chi connectivity index (χ1) is 6.20. The van der Waals surface area contributed by atoms with Crippen LogP contribution in [0.5, 0.6) is 0 Å². The van der Waals surface area contributed by atoms with Crippen molar-refractivity contribution in [3.05, 3.63) is 12.3 Å². The SMILES string of the molecule is COCCC(C)N/C=C/C(=O)OC. The highest BCUT2D eigenvalue weighted by Gasteiger charge is 1.97. The van der Waals surface area contributed by atoms with Crippen LogP contribution >= 0.6 is 0 Å². The number of esters is 1. The van der Waals surface area contributed by atoms with Gasteiger partial charge in [-0.1, -0.05) is 0 Å². The van der Waals surface area contributed by atoms with Crippen LogP contribution in [0.1, 0.15) is 13.3 Å². The third kappa shape index (κ3) is 7.33. The molecule has 0 aliphatic carbocycles. The largest absolute Gasteiger partial charge is 0.466 e. The molecule has 1 N–H and O–H groups in total. The van der Waals surface area contributed by atoms with Crippen LogP contribution in [0.25, 0.3) is 0 Å². The Labute approximate surface area is 78.9 Å². The maximum atomic E-state index is 10.6. The third-order valence-electron chi connectivity index (χ3n) is 1.56. The fourth-order valence-corrected chi connectivity index (χ4v) is 0.726. The lowest BCUT2D eigenvalue weighted by Crippen LogP contribution is -2.22. The van der Waals surface area contributed by atoms with Crippen molar-refractivity contribution in [2.24, 2.45) is 0 Å². The number of nitrogens with one attached hydrogen (secondary N) is 1. The number of ether oxygens (including phenoxy) is 2. The Hall–Kier alpha value is -1.03. The Morgan fingerprint density at radius 2 is 2.23 bits per heavy atom.